The largest absolute Gasteiger partial charge is 0.497 e. The number of carbonyl (C=O) groups is 1. The van der Waals surface area contributed by atoms with E-state index in [1.807, 2.05) is 29.2 Å². The Morgan fingerprint density at radius 2 is 1.80 bits per heavy atom. The molecule has 0 atom stereocenters. The van der Waals surface area contributed by atoms with Crippen molar-refractivity contribution in [2.24, 2.45) is 0 Å². The van der Waals surface area contributed by atoms with Crippen molar-refractivity contribution in [3.8, 4) is 5.75 Å². The summed E-state index contributed by atoms with van der Waals surface area (Å²) in [5.41, 5.74) is 4.71. The van der Waals surface area contributed by atoms with Gasteiger partial charge in [0.05, 0.1) is 7.11 Å². The molecule has 0 N–H and O–H groups in total. The third-order valence-electron chi connectivity index (χ3n) is 4.87. The number of amides is 1. The summed E-state index contributed by atoms with van der Waals surface area (Å²) in [7, 11) is 1.62. The smallest absolute Gasteiger partial charge is 0.254 e. The number of aryl methyl sites for hydroxylation is 2. The van der Waals surface area contributed by atoms with E-state index < -0.39 is 0 Å². The van der Waals surface area contributed by atoms with Crippen LogP contribution >= 0.6 is 0 Å². The van der Waals surface area contributed by atoms with Crippen molar-refractivity contribution in [1.29, 1.82) is 0 Å². The van der Waals surface area contributed by atoms with Crippen LogP contribution in [0, 0.1) is 13.8 Å². The standard InChI is InChI=1S/C21H26N2O2/c1-16-7-8-17(2)19(13-16)15-22-9-11-23(12-10-22)21(24)18-5-4-6-20(14-18)25-3/h4-8,13-14H,9-12,15H2,1-3H3. The zero-order valence-electron chi connectivity index (χ0n) is 15.3. The van der Waals surface area contributed by atoms with Gasteiger partial charge in [0.25, 0.3) is 5.91 Å². The SMILES string of the molecule is COc1cccc(C(=O)N2CCN(Cc3cc(C)ccc3C)CC2)c1. The van der Waals surface area contributed by atoms with Gasteiger partial charge in [0.2, 0.25) is 0 Å². The fourth-order valence-corrected chi connectivity index (χ4v) is 3.26. The number of rotatable bonds is 4. The van der Waals surface area contributed by atoms with E-state index in [4.69, 9.17) is 4.74 Å². The minimum absolute atomic E-state index is 0.0882. The van der Waals surface area contributed by atoms with Crippen LogP contribution in [-0.4, -0.2) is 49.0 Å². The molecule has 0 spiro atoms. The van der Waals surface area contributed by atoms with Crippen LogP contribution in [0.3, 0.4) is 0 Å². The minimum Gasteiger partial charge on any atom is -0.497 e. The third-order valence-corrected chi connectivity index (χ3v) is 4.87. The third kappa shape index (κ3) is 4.20. The summed E-state index contributed by atoms with van der Waals surface area (Å²) < 4.78 is 5.22. The highest BCUT2D eigenvalue weighted by atomic mass is 16.5. The maximum atomic E-state index is 12.7. The first-order chi connectivity index (χ1) is 12.1. The van der Waals surface area contributed by atoms with Crippen LogP contribution < -0.4 is 4.74 Å². The van der Waals surface area contributed by atoms with Gasteiger partial charge in [0, 0.05) is 38.3 Å². The van der Waals surface area contributed by atoms with Crippen LogP contribution in [0.15, 0.2) is 42.5 Å². The predicted molar refractivity (Wildman–Crippen MR) is 100 cm³/mol. The molecule has 0 aliphatic carbocycles. The Labute approximate surface area is 150 Å². The van der Waals surface area contributed by atoms with Gasteiger partial charge in [0.15, 0.2) is 0 Å². The monoisotopic (exact) mass is 338 g/mol. The summed E-state index contributed by atoms with van der Waals surface area (Å²) in [6.07, 6.45) is 0. The summed E-state index contributed by atoms with van der Waals surface area (Å²) >= 11 is 0. The zero-order chi connectivity index (χ0) is 17.8. The number of carbonyl (C=O) groups excluding carboxylic acids is 1. The van der Waals surface area contributed by atoms with Crippen molar-refractivity contribution in [3.63, 3.8) is 0 Å². The predicted octanol–water partition coefficient (Wildman–Crippen LogP) is 3.27. The molecule has 1 aliphatic heterocycles. The fourth-order valence-electron chi connectivity index (χ4n) is 3.26. The second-order valence-electron chi connectivity index (χ2n) is 6.73. The first-order valence-electron chi connectivity index (χ1n) is 8.78. The van der Waals surface area contributed by atoms with E-state index in [0.29, 0.717) is 5.56 Å². The van der Waals surface area contributed by atoms with E-state index in [0.717, 1.165) is 38.5 Å². The molecule has 132 valence electrons. The average Bonchev–Trinajstić information content (AvgIpc) is 2.65. The van der Waals surface area contributed by atoms with Gasteiger partial charge in [0.1, 0.15) is 5.75 Å². The molecule has 0 aromatic heterocycles. The van der Waals surface area contributed by atoms with E-state index >= 15 is 0 Å². The van der Waals surface area contributed by atoms with Crippen LogP contribution in [0.1, 0.15) is 27.0 Å². The maximum Gasteiger partial charge on any atom is 0.254 e. The summed E-state index contributed by atoms with van der Waals surface area (Å²) in [6.45, 7) is 8.59. The molecule has 1 amide bonds. The lowest BCUT2D eigenvalue weighted by Gasteiger charge is -2.35. The number of benzene rings is 2. The molecule has 4 heteroatoms. The van der Waals surface area contributed by atoms with Crippen LogP contribution in [0.2, 0.25) is 0 Å². The topological polar surface area (TPSA) is 32.8 Å². The normalized spacial score (nSPS) is 15.2. The number of methoxy groups -OCH3 is 1. The summed E-state index contributed by atoms with van der Waals surface area (Å²) in [4.78, 5) is 17.1. The number of ether oxygens (including phenoxy) is 1. The molecule has 0 bridgehead atoms. The van der Waals surface area contributed by atoms with E-state index in [-0.39, 0.29) is 5.91 Å². The van der Waals surface area contributed by atoms with Gasteiger partial charge >= 0.3 is 0 Å². The molecule has 0 unspecified atom stereocenters. The average molecular weight is 338 g/mol. The summed E-state index contributed by atoms with van der Waals surface area (Å²) in [5, 5.41) is 0. The molecular weight excluding hydrogens is 312 g/mol. The Bertz CT molecular complexity index is 749. The lowest BCUT2D eigenvalue weighted by atomic mass is 10.0. The lowest BCUT2D eigenvalue weighted by molar-refractivity contribution is 0.0628. The zero-order valence-corrected chi connectivity index (χ0v) is 15.3. The quantitative estimate of drug-likeness (QED) is 0.858. The van der Waals surface area contributed by atoms with Crippen LogP contribution in [0.5, 0.6) is 5.75 Å². The van der Waals surface area contributed by atoms with Gasteiger partial charge in [-0.3, -0.25) is 9.69 Å². The highest BCUT2D eigenvalue weighted by Crippen LogP contribution is 2.17. The number of hydrogen-bond acceptors (Lipinski definition) is 3. The lowest BCUT2D eigenvalue weighted by Crippen LogP contribution is -2.48. The molecule has 1 saturated heterocycles. The molecule has 1 heterocycles. The van der Waals surface area contributed by atoms with Crippen molar-refractivity contribution >= 4 is 5.91 Å². The van der Waals surface area contributed by atoms with Gasteiger partial charge in [-0.2, -0.15) is 0 Å². The van der Waals surface area contributed by atoms with Crippen LogP contribution in [0.4, 0.5) is 0 Å². The highest BCUT2D eigenvalue weighted by Gasteiger charge is 2.22. The molecule has 25 heavy (non-hydrogen) atoms. The Morgan fingerprint density at radius 1 is 1.04 bits per heavy atom. The van der Waals surface area contributed by atoms with Gasteiger partial charge < -0.3 is 9.64 Å². The Hall–Kier alpha value is -2.33. The molecule has 4 nitrogen and oxygen atoms in total. The van der Waals surface area contributed by atoms with Gasteiger partial charge in [-0.25, -0.2) is 0 Å². The molecule has 3 rings (SSSR count). The molecule has 2 aromatic rings. The molecule has 1 fully saturated rings. The van der Waals surface area contributed by atoms with Crippen molar-refractivity contribution in [3.05, 3.63) is 64.7 Å². The van der Waals surface area contributed by atoms with Gasteiger partial charge in [-0.1, -0.05) is 29.8 Å². The first-order valence-corrected chi connectivity index (χ1v) is 8.78. The minimum atomic E-state index is 0.0882. The molecular formula is C21H26N2O2. The van der Waals surface area contributed by atoms with E-state index in [1.165, 1.54) is 16.7 Å². The summed E-state index contributed by atoms with van der Waals surface area (Å²) in [5.74, 6) is 0.810. The number of nitrogens with zero attached hydrogens (tertiary/aromatic N) is 2. The molecule has 1 aliphatic rings. The van der Waals surface area contributed by atoms with E-state index in [1.54, 1.807) is 7.11 Å². The van der Waals surface area contributed by atoms with Crippen molar-refractivity contribution in [1.82, 2.24) is 9.80 Å². The van der Waals surface area contributed by atoms with Crippen molar-refractivity contribution in [2.45, 2.75) is 20.4 Å². The first kappa shape index (κ1) is 17.5. The van der Waals surface area contributed by atoms with Crippen LogP contribution in [-0.2, 0) is 6.54 Å². The molecule has 0 radical (unpaired) electrons. The number of hydrogen-bond donors (Lipinski definition) is 0. The Balaban J connectivity index is 1.59. The maximum absolute atomic E-state index is 12.7. The second-order valence-corrected chi connectivity index (χ2v) is 6.73. The molecule has 0 saturated carbocycles. The Morgan fingerprint density at radius 3 is 2.52 bits per heavy atom. The van der Waals surface area contributed by atoms with E-state index in [9.17, 15) is 4.79 Å². The number of piperazine rings is 1. The van der Waals surface area contributed by atoms with E-state index in [2.05, 4.69) is 36.9 Å². The highest BCUT2D eigenvalue weighted by molar-refractivity contribution is 5.94. The summed E-state index contributed by atoms with van der Waals surface area (Å²) in [6, 6.07) is 14.0. The Kier molecular flexibility index (Phi) is 5.39. The second kappa shape index (κ2) is 7.70. The van der Waals surface area contributed by atoms with Crippen molar-refractivity contribution in [2.75, 3.05) is 33.3 Å². The van der Waals surface area contributed by atoms with Gasteiger partial charge in [-0.15, -0.1) is 0 Å². The fraction of sp³-hybridized carbons (Fsp3) is 0.381. The molecule has 2 aromatic carbocycles. The van der Waals surface area contributed by atoms with Gasteiger partial charge in [-0.05, 0) is 43.2 Å². The van der Waals surface area contributed by atoms with Crippen LogP contribution in [0.25, 0.3) is 0 Å². The van der Waals surface area contributed by atoms with Crippen molar-refractivity contribution < 1.29 is 9.53 Å².